The van der Waals surface area contributed by atoms with Crippen molar-refractivity contribution >= 4 is 5.97 Å². The maximum Gasteiger partial charge on any atom is 0.312 e. The van der Waals surface area contributed by atoms with Crippen molar-refractivity contribution in [3.63, 3.8) is 0 Å². The standard InChI is InChI=1S/C13H14O2/c1-10-8-13(2,9-12(14)15-10)11-6-4-3-5-7-11/h3-8H,9H2,1-2H3. The summed E-state index contributed by atoms with van der Waals surface area (Å²) in [5.74, 6) is 0.541. The van der Waals surface area contributed by atoms with Gasteiger partial charge in [-0.15, -0.1) is 0 Å². The molecule has 78 valence electrons. The minimum atomic E-state index is -0.222. The third kappa shape index (κ3) is 1.94. The van der Waals surface area contributed by atoms with Gasteiger partial charge in [0.15, 0.2) is 0 Å². The van der Waals surface area contributed by atoms with Crippen LogP contribution in [0.5, 0.6) is 0 Å². The quantitative estimate of drug-likeness (QED) is 0.654. The lowest BCUT2D eigenvalue weighted by molar-refractivity contribution is -0.141. The number of cyclic esters (lactones) is 1. The normalized spacial score (nSPS) is 25.7. The molecule has 0 aromatic heterocycles. The summed E-state index contributed by atoms with van der Waals surface area (Å²) in [6.45, 7) is 3.88. The lowest BCUT2D eigenvalue weighted by atomic mass is 9.78. The van der Waals surface area contributed by atoms with Gasteiger partial charge in [0.2, 0.25) is 0 Å². The average Bonchev–Trinajstić information content (AvgIpc) is 2.17. The lowest BCUT2D eigenvalue weighted by Crippen LogP contribution is -2.28. The largest absolute Gasteiger partial charge is 0.432 e. The highest BCUT2D eigenvalue weighted by Gasteiger charge is 2.32. The van der Waals surface area contributed by atoms with Crippen molar-refractivity contribution in [2.24, 2.45) is 0 Å². The molecular weight excluding hydrogens is 188 g/mol. The number of ether oxygens (including phenoxy) is 1. The molecule has 2 rings (SSSR count). The highest BCUT2D eigenvalue weighted by atomic mass is 16.5. The van der Waals surface area contributed by atoms with Crippen molar-refractivity contribution in [2.45, 2.75) is 25.7 Å². The van der Waals surface area contributed by atoms with Gasteiger partial charge in [-0.2, -0.15) is 0 Å². The van der Waals surface area contributed by atoms with Crippen molar-refractivity contribution in [3.05, 3.63) is 47.7 Å². The molecule has 1 atom stereocenters. The van der Waals surface area contributed by atoms with E-state index in [1.165, 1.54) is 0 Å². The molecule has 0 fully saturated rings. The molecule has 2 heteroatoms. The first-order valence-corrected chi connectivity index (χ1v) is 5.06. The van der Waals surface area contributed by atoms with Crippen LogP contribution in [0.3, 0.4) is 0 Å². The predicted octanol–water partition coefficient (Wildman–Crippen LogP) is 2.80. The van der Waals surface area contributed by atoms with E-state index in [0.717, 1.165) is 5.56 Å². The van der Waals surface area contributed by atoms with Crippen LogP contribution in [0.15, 0.2) is 42.2 Å². The number of allylic oxidation sites excluding steroid dienone is 2. The third-order valence-electron chi connectivity index (χ3n) is 2.74. The van der Waals surface area contributed by atoms with Crippen LogP contribution < -0.4 is 0 Å². The Kier molecular flexibility index (Phi) is 2.35. The Morgan fingerprint density at radius 1 is 1.27 bits per heavy atom. The van der Waals surface area contributed by atoms with Gasteiger partial charge in [-0.3, -0.25) is 4.79 Å². The van der Waals surface area contributed by atoms with E-state index in [4.69, 9.17) is 4.74 Å². The van der Waals surface area contributed by atoms with E-state index >= 15 is 0 Å². The zero-order valence-electron chi connectivity index (χ0n) is 8.99. The first-order valence-electron chi connectivity index (χ1n) is 5.06. The zero-order valence-corrected chi connectivity index (χ0v) is 8.99. The molecule has 1 aromatic carbocycles. The molecule has 0 amide bonds. The smallest absolute Gasteiger partial charge is 0.312 e. The molecule has 0 saturated heterocycles. The van der Waals surface area contributed by atoms with Gasteiger partial charge in [-0.25, -0.2) is 0 Å². The van der Waals surface area contributed by atoms with Crippen molar-refractivity contribution in [3.8, 4) is 0 Å². The lowest BCUT2D eigenvalue weighted by Gasteiger charge is -2.29. The fourth-order valence-corrected chi connectivity index (χ4v) is 2.05. The summed E-state index contributed by atoms with van der Waals surface area (Å²) in [4.78, 5) is 11.4. The monoisotopic (exact) mass is 202 g/mol. The maximum absolute atomic E-state index is 11.4. The number of carbonyl (C=O) groups excluding carboxylic acids is 1. The molecule has 2 nitrogen and oxygen atoms in total. The van der Waals surface area contributed by atoms with Crippen molar-refractivity contribution in [1.82, 2.24) is 0 Å². The van der Waals surface area contributed by atoms with Gasteiger partial charge in [0.05, 0.1) is 6.42 Å². The highest BCUT2D eigenvalue weighted by molar-refractivity contribution is 5.74. The number of rotatable bonds is 1. The first-order chi connectivity index (χ1) is 7.10. The Morgan fingerprint density at radius 3 is 2.53 bits per heavy atom. The van der Waals surface area contributed by atoms with Gasteiger partial charge >= 0.3 is 5.97 Å². The molecule has 0 saturated carbocycles. The summed E-state index contributed by atoms with van der Waals surface area (Å²) < 4.78 is 5.03. The Bertz CT molecular complexity index is 406. The van der Waals surface area contributed by atoms with Gasteiger partial charge in [0.25, 0.3) is 0 Å². The topological polar surface area (TPSA) is 26.3 Å². The van der Waals surface area contributed by atoms with E-state index in [-0.39, 0.29) is 11.4 Å². The number of hydrogen-bond donors (Lipinski definition) is 0. The van der Waals surface area contributed by atoms with E-state index in [9.17, 15) is 4.79 Å². The van der Waals surface area contributed by atoms with Crippen molar-refractivity contribution in [1.29, 1.82) is 0 Å². The van der Waals surface area contributed by atoms with Crippen LogP contribution in [0.25, 0.3) is 0 Å². The molecular formula is C13H14O2. The van der Waals surface area contributed by atoms with Gasteiger partial charge in [0, 0.05) is 5.41 Å². The summed E-state index contributed by atoms with van der Waals surface area (Å²) in [5, 5.41) is 0. The molecule has 0 bridgehead atoms. The van der Waals surface area contributed by atoms with Crippen LogP contribution in [0.1, 0.15) is 25.8 Å². The highest BCUT2D eigenvalue weighted by Crippen LogP contribution is 2.34. The fourth-order valence-electron chi connectivity index (χ4n) is 2.05. The van der Waals surface area contributed by atoms with E-state index in [0.29, 0.717) is 12.2 Å². The molecule has 0 radical (unpaired) electrons. The van der Waals surface area contributed by atoms with Crippen LogP contribution in [-0.4, -0.2) is 5.97 Å². The molecule has 1 aromatic rings. The number of hydrogen-bond acceptors (Lipinski definition) is 2. The first kappa shape index (κ1) is 9.97. The third-order valence-corrected chi connectivity index (χ3v) is 2.74. The van der Waals surface area contributed by atoms with Crippen molar-refractivity contribution in [2.75, 3.05) is 0 Å². The van der Waals surface area contributed by atoms with Gasteiger partial charge in [0.1, 0.15) is 5.76 Å². The molecule has 0 aliphatic carbocycles. The zero-order chi connectivity index (χ0) is 10.9. The van der Waals surface area contributed by atoms with Crippen LogP contribution in [0.4, 0.5) is 0 Å². The second-order valence-electron chi connectivity index (χ2n) is 4.19. The van der Waals surface area contributed by atoms with Crippen LogP contribution >= 0.6 is 0 Å². The van der Waals surface area contributed by atoms with Crippen LogP contribution in [0.2, 0.25) is 0 Å². The number of carbonyl (C=O) groups is 1. The summed E-state index contributed by atoms with van der Waals surface area (Å²) in [6, 6.07) is 10.0. The number of benzene rings is 1. The van der Waals surface area contributed by atoms with E-state index in [1.54, 1.807) is 0 Å². The molecule has 15 heavy (non-hydrogen) atoms. The van der Waals surface area contributed by atoms with Gasteiger partial charge in [-0.1, -0.05) is 37.3 Å². The minimum absolute atomic E-state index is 0.152. The Hall–Kier alpha value is -1.57. The number of esters is 1. The maximum atomic E-state index is 11.4. The predicted molar refractivity (Wildman–Crippen MR) is 58.3 cm³/mol. The van der Waals surface area contributed by atoms with Crippen LogP contribution in [0, 0.1) is 0 Å². The fraction of sp³-hybridized carbons (Fsp3) is 0.308. The molecule has 1 aliphatic rings. The SMILES string of the molecule is CC1=CC(C)(c2ccccc2)CC(=O)O1. The molecule has 0 spiro atoms. The molecule has 1 heterocycles. The summed E-state index contributed by atoms with van der Waals surface area (Å²) in [7, 11) is 0. The van der Waals surface area contributed by atoms with Gasteiger partial charge in [-0.05, 0) is 18.6 Å². The van der Waals surface area contributed by atoms with Crippen LogP contribution in [-0.2, 0) is 14.9 Å². The minimum Gasteiger partial charge on any atom is -0.432 e. The summed E-state index contributed by atoms with van der Waals surface area (Å²) >= 11 is 0. The summed E-state index contributed by atoms with van der Waals surface area (Å²) in [6.07, 6.45) is 2.43. The van der Waals surface area contributed by atoms with E-state index in [1.807, 2.05) is 43.3 Å². The van der Waals surface area contributed by atoms with E-state index < -0.39 is 0 Å². The van der Waals surface area contributed by atoms with E-state index in [2.05, 4.69) is 6.92 Å². The Balaban J connectivity index is 2.43. The molecule has 1 unspecified atom stereocenters. The molecule has 0 N–H and O–H groups in total. The summed E-state index contributed by atoms with van der Waals surface area (Å²) in [5.41, 5.74) is 0.932. The van der Waals surface area contributed by atoms with Gasteiger partial charge < -0.3 is 4.74 Å². The van der Waals surface area contributed by atoms with Crippen molar-refractivity contribution < 1.29 is 9.53 Å². The average molecular weight is 202 g/mol. The Labute approximate surface area is 89.6 Å². The second kappa shape index (κ2) is 3.54. The Morgan fingerprint density at radius 2 is 1.93 bits per heavy atom. The second-order valence-corrected chi connectivity index (χ2v) is 4.19. The molecule has 1 aliphatic heterocycles.